The van der Waals surface area contributed by atoms with E-state index in [-0.39, 0.29) is 5.92 Å². The molecular weight excluding hydrogens is 234 g/mol. The zero-order chi connectivity index (χ0) is 14.0. The zero-order valence-corrected chi connectivity index (χ0v) is 12.1. The van der Waals surface area contributed by atoms with Gasteiger partial charge in [0, 0.05) is 0 Å². The van der Waals surface area contributed by atoms with Crippen molar-refractivity contribution in [1.29, 1.82) is 5.26 Å². The molecule has 1 N–H and O–H groups in total. The Morgan fingerprint density at radius 1 is 1.26 bits per heavy atom. The van der Waals surface area contributed by atoms with E-state index in [0.717, 1.165) is 24.3 Å². The number of hydrogen-bond acceptors (Lipinski definition) is 2. The van der Waals surface area contributed by atoms with Gasteiger partial charge in [0.15, 0.2) is 0 Å². The van der Waals surface area contributed by atoms with Gasteiger partial charge in [-0.05, 0) is 55.2 Å². The lowest BCUT2D eigenvalue weighted by atomic mass is 9.68. The predicted molar refractivity (Wildman–Crippen MR) is 76.4 cm³/mol. The summed E-state index contributed by atoms with van der Waals surface area (Å²) >= 11 is 0. The lowest BCUT2D eigenvalue weighted by Crippen LogP contribution is -2.37. The fraction of sp³-hybridized carbons (Fsp3) is 0.588. The van der Waals surface area contributed by atoms with Crippen molar-refractivity contribution >= 4 is 0 Å². The van der Waals surface area contributed by atoms with Gasteiger partial charge in [-0.3, -0.25) is 0 Å². The van der Waals surface area contributed by atoms with Crippen LogP contribution in [0.2, 0.25) is 0 Å². The summed E-state index contributed by atoms with van der Waals surface area (Å²) in [5, 5.41) is 19.9. The lowest BCUT2D eigenvalue weighted by molar-refractivity contribution is -0.0371. The minimum atomic E-state index is -0.832. The maximum absolute atomic E-state index is 10.9. The highest BCUT2D eigenvalue weighted by atomic mass is 16.3. The summed E-state index contributed by atoms with van der Waals surface area (Å²) in [5.74, 6) is 1.69. The maximum Gasteiger partial charge on any atom is 0.0991 e. The molecule has 0 spiro atoms. The SMILES string of the molecule is CC1CCC(C(C)(O)c2cccc(C#N)c2)CC1C. The van der Waals surface area contributed by atoms with Crippen LogP contribution in [0.1, 0.15) is 51.2 Å². The van der Waals surface area contributed by atoms with Crippen molar-refractivity contribution < 1.29 is 5.11 Å². The second-order valence-corrected chi connectivity index (χ2v) is 6.30. The van der Waals surface area contributed by atoms with Crippen LogP contribution in [0.5, 0.6) is 0 Å². The van der Waals surface area contributed by atoms with Gasteiger partial charge in [0.25, 0.3) is 0 Å². The fourth-order valence-corrected chi connectivity index (χ4v) is 3.20. The highest BCUT2D eigenvalue weighted by molar-refractivity contribution is 5.35. The van der Waals surface area contributed by atoms with Gasteiger partial charge in [-0.15, -0.1) is 0 Å². The van der Waals surface area contributed by atoms with Crippen LogP contribution in [0, 0.1) is 29.1 Å². The third-order valence-corrected chi connectivity index (χ3v) is 4.97. The van der Waals surface area contributed by atoms with Crippen molar-refractivity contribution in [3.05, 3.63) is 35.4 Å². The van der Waals surface area contributed by atoms with E-state index in [4.69, 9.17) is 5.26 Å². The molecule has 1 aliphatic rings. The third-order valence-electron chi connectivity index (χ3n) is 4.97. The predicted octanol–water partition coefficient (Wildman–Crippen LogP) is 3.84. The first kappa shape index (κ1) is 14.1. The smallest absolute Gasteiger partial charge is 0.0991 e. The van der Waals surface area contributed by atoms with E-state index in [1.807, 2.05) is 25.1 Å². The van der Waals surface area contributed by atoms with Crippen molar-refractivity contribution in [2.45, 2.75) is 45.6 Å². The van der Waals surface area contributed by atoms with Gasteiger partial charge in [-0.25, -0.2) is 0 Å². The molecule has 19 heavy (non-hydrogen) atoms. The molecular formula is C17H23NO. The summed E-state index contributed by atoms with van der Waals surface area (Å²) in [7, 11) is 0. The molecule has 4 atom stereocenters. The van der Waals surface area contributed by atoms with Crippen LogP contribution in [0.15, 0.2) is 24.3 Å². The molecule has 0 aromatic heterocycles. The van der Waals surface area contributed by atoms with Crippen LogP contribution in [0.3, 0.4) is 0 Å². The topological polar surface area (TPSA) is 44.0 Å². The molecule has 0 radical (unpaired) electrons. The Kier molecular flexibility index (Phi) is 3.96. The molecule has 0 bridgehead atoms. The monoisotopic (exact) mass is 257 g/mol. The molecule has 1 saturated carbocycles. The second-order valence-electron chi connectivity index (χ2n) is 6.30. The molecule has 2 nitrogen and oxygen atoms in total. The van der Waals surface area contributed by atoms with Crippen LogP contribution in [0.25, 0.3) is 0 Å². The Hall–Kier alpha value is -1.33. The van der Waals surface area contributed by atoms with Crippen molar-refractivity contribution in [3.8, 4) is 6.07 Å². The number of hydrogen-bond donors (Lipinski definition) is 1. The number of rotatable bonds is 2. The summed E-state index contributed by atoms with van der Waals surface area (Å²) in [6, 6.07) is 9.54. The molecule has 0 amide bonds. The Morgan fingerprint density at radius 2 is 2.00 bits per heavy atom. The standard InChI is InChI=1S/C17H23NO/c1-12-7-8-16(9-13(12)2)17(3,19)15-6-4-5-14(10-15)11-18/h4-6,10,12-13,16,19H,7-9H2,1-3H3. The van der Waals surface area contributed by atoms with Crippen LogP contribution < -0.4 is 0 Å². The normalized spacial score (nSPS) is 30.4. The average Bonchev–Trinajstić information content (AvgIpc) is 2.41. The van der Waals surface area contributed by atoms with E-state index in [2.05, 4.69) is 19.9 Å². The number of benzene rings is 1. The Bertz CT molecular complexity index is 486. The summed E-state index contributed by atoms with van der Waals surface area (Å²) < 4.78 is 0. The van der Waals surface area contributed by atoms with Crippen LogP contribution in [0.4, 0.5) is 0 Å². The largest absolute Gasteiger partial charge is 0.385 e. The minimum Gasteiger partial charge on any atom is -0.385 e. The maximum atomic E-state index is 10.9. The van der Waals surface area contributed by atoms with E-state index in [9.17, 15) is 5.11 Å². The second kappa shape index (κ2) is 5.35. The molecule has 1 aromatic rings. The number of nitrogens with zero attached hydrogens (tertiary/aromatic N) is 1. The quantitative estimate of drug-likeness (QED) is 0.874. The fourth-order valence-electron chi connectivity index (χ4n) is 3.20. The van der Waals surface area contributed by atoms with Crippen molar-refractivity contribution in [1.82, 2.24) is 0 Å². The van der Waals surface area contributed by atoms with Gasteiger partial charge >= 0.3 is 0 Å². The molecule has 0 aliphatic heterocycles. The van der Waals surface area contributed by atoms with E-state index in [0.29, 0.717) is 11.5 Å². The van der Waals surface area contributed by atoms with E-state index in [1.54, 1.807) is 6.07 Å². The van der Waals surface area contributed by atoms with Crippen LogP contribution >= 0.6 is 0 Å². The van der Waals surface area contributed by atoms with Crippen molar-refractivity contribution in [3.63, 3.8) is 0 Å². The zero-order valence-electron chi connectivity index (χ0n) is 12.1. The Balaban J connectivity index is 2.24. The first-order valence-corrected chi connectivity index (χ1v) is 7.18. The molecule has 102 valence electrons. The Morgan fingerprint density at radius 3 is 2.63 bits per heavy atom. The molecule has 1 aromatic carbocycles. The van der Waals surface area contributed by atoms with Gasteiger partial charge in [0.2, 0.25) is 0 Å². The average molecular weight is 257 g/mol. The van der Waals surface area contributed by atoms with Gasteiger partial charge in [-0.2, -0.15) is 5.26 Å². The van der Waals surface area contributed by atoms with E-state index < -0.39 is 5.60 Å². The molecule has 2 rings (SSSR count). The highest BCUT2D eigenvalue weighted by Crippen LogP contribution is 2.43. The summed E-state index contributed by atoms with van der Waals surface area (Å²) in [6.45, 7) is 6.47. The Labute approximate surface area is 116 Å². The molecule has 0 heterocycles. The number of aliphatic hydroxyl groups is 1. The number of nitriles is 1. The van der Waals surface area contributed by atoms with E-state index >= 15 is 0 Å². The molecule has 0 saturated heterocycles. The summed E-state index contributed by atoms with van der Waals surface area (Å²) in [5.41, 5.74) is 0.662. The molecule has 1 fully saturated rings. The van der Waals surface area contributed by atoms with Gasteiger partial charge in [0.05, 0.1) is 17.2 Å². The van der Waals surface area contributed by atoms with Crippen molar-refractivity contribution in [2.75, 3.05) is 0 Å². The van der Waals surface area contributed by atoms with Crippen LogP contribution in [-0.4, -0.2) is 5.11 Å². The lowest BCUT2D eigenvalue weighted by Gasteiger charge is -2.40. The first-order chi connectivity index (χ1) is 8.95. The van der Waals surface area contributed by atoms with Gasteiger partial charge < -0.3 is 5.11 Å². The van der Waals surface area contributed by atoms with Gasteiger partial charge in [-0.1, -0.05) is 32.4 Å². The van der Waals surface area contributed by atoms with Crippen molar-refractivity contribution in [2.24, 2.45) is 17.8 Å². The van der Waals surface area contributed by atoms with Gasteiger partial charge in [0.1, 0.15) is 0 Å². The minimum absolute atomic E-state index is 0.285. The summed E-state index contributed by atoms with van der Waals surface area (Å²) in [4.78, 5) is 0. The van der Waals surface area contributed by atoms with E-state index in [1.165, 1.54) is 6.42 Å². The summed E-state index contributed by atoms with van der Waals surface area (Å²) in [6.07, 6.45) is 3.31. The first-order valence-electron chi connectivity index (χ1n) is 7.18. The molecule has 1 aliphatic carbocycles. The highest BCUT2D eigenvalue weighted by Gasteiger charge is 2.38. The molecule has 4 unspecified atom stereocenters. The van der Waals surface area contributed by atoms with Crippen LogP contribution in [-0.2, 0) is 5.60 Å². The third kappa shape index (κ3) is 2.82. The molecule has 2 heteroatoms.